The molecule has 0 aromatic rings. The summed E-state index contributed by atoms with van der Waals surface area (Å²) in [5, 5.41) is 0. The van der Waals surface area contributed by atoms with Gasteiger partial charge in [0.05, 0.1) is 12.9 Å². The maximum absolute atomic E-state index is 11.6. The van der Waals surface area contributed by atoms with E-state index in [1.165, 1.54) is 7.11 Å². The van der Waals surface area contributed by atoms with Gasteiger partial charge in [-0.25, -0.2) is 13.1 Å². The van der Waals surface area contributed by atoms with E-state index < -0.39 is 10.0 Å². The van der Waals surface area contributed by atoms with Crippen molar-refractivity contribution in [3.63, 3.8) is 0 Å². The Labute approximate surface area is 102 Å². The van der Waals surface area contributed by atoms with Gasteiger partial charge in [-0.3, -0.25) is 9.69 Å². The zero-order chi connectivity index (χ0) is 13.1. The SMILES string of the molecule is CCCS(=O)(=O)N[C@@H]1C[C@@H](C(=O)OC)N(C)C1. The van der Waals surface area contributed by atoms with Crippen molar-refractivity contribution in [2.75, 3.05) is 26.5 Å². The van der Waals surface area contributed by atoms with Crippen molar-refractivity contribution in [3.8, 4) is 0 Å². The third-order valence-corrected chi connectivity index (χ3v) is 4.48. The first kappa shape index (κ1) is 14.4. The van der Waals surface area contributed by atoms with Crippen LogP contribution in [0.1, 0.15) is 19.8 Å². The van der Waals surface area contributed by atoms with E-state index in [-0.39, 0.29) is 23.8 Å². The van der Waals surface area contributed by atoms with Gasteiger partial charge in [-0.2, -0.15) is 0 Å². The number of sulfonamides is 1. The Morgan fingerprint density at radius 1 is 1.53 bits per heavy atom. The van der Waals surface area contributed by atoms with Gasteiger partial charge in [0.1, 0.15) is 6.04 Å². The van der Waals surface area contributed by atoms with Crippen molar-refractivity contribution in [1.82, 2.24) is 9.62 Å². The average Bonchev–Trinajstić information content (AvgIpc) is 2.57. The Hall–Kier alpha value is -0.660. The molecular formula is C10H20N2O4S. The van der Waals surface area contributed by atoms with Crippen LogP contribution in [0.2, 0.25) is 0 Å². The fourth-order valence-corrected chi connectivity index (χ4v) is 3.41. The van der Waals surface area contributed by atoms with E-state index in [0.717, 1.165) is 0 Å². The molecule has 6 nitrogen and oxygen atoms in total. The summed E-state index contributed by atoms with van der Waals surface area (Å²) >= 11 is 0. The molecule has 0 amide bonds. The number of methoxy groups -OCH3 is 1. The lowest BCUT2D eigenvalue weighted by atomic mass is 10.2. The predicted octanol–water partition coefficient (Wildman–Crippen LogP) is -0.438. The minimum Gasteiger partial charge on any atom is -0.468 e. The monoisotopic (exact) mass is 264 g/mol. The summed E-state index contributed by atoms with van der Waals surface area (Å²) in [6.07, 6.45) is 1.05. The van der Waals surface area contributed by atoms with Gasteiger partial charge in [0.15, 0.2) is 0 Å². The first-order valence-electron chi connectivity index (χ1n) is 5.67. The molecule has 1 N–H and O–H groups in total. The summed E-state index contributed by atoms with van der Waals surface area (Å²) in [5.74, 6) is -0.194. The quantitative estimate of drug-likeness (QED) is 0.681. The van der Waals surface area contributed by atoms with Gasteiger partial charge in [0.25, 0.3) is 0 Å². The van der Waals surface area contributed by atoms with Crippen LogP contribution in [0.25, 0.3) is 0 Å². The van der Waals surface area contributed by atoms with Gasteiger partial charge in [-0.05, 0) is 19.9 Å². The summed E-state index contributed by atoms with van der Waals surface area (Å²) in [6.45, 7) is 2.35. The van der Waals surface area contributed by atoms with Crippen molar-refractivity contribution < 1.29 is 17.9 Å². The molecule has 1 fully saturated rings. The fourth-order valence-electron chi connectivity index (χ4n) is 2.08. The van der Waals surface area contributed by atoms with E-state index >= 15 is 0 Å². The first-order valence-corrected chi connectivity index (χ1v) is 7.33. The van der Waals surface area contributed by atoms with Gasteiger partial charge in [0.2, 0.25) is 10.0 Å². The Kier molecular flexibility index (Phi) is 4.91. The first-order chi connectivity index (χ1) is 7.89. The average molecular weight is 264 g/mol. The zero-order valence-corrected chi connectivity index (χ0v) is 11.3. The van der Waals surface area contributed by atoms with E-state index in [0.29, 0.717) is 19.4 Å². The van der Waals surface area contributed by atoms with Crippen LogP contribution in [0, 0.1) is 0 Å². The molecule has 1 heterocycles. The number of ether oxygens (including phenoxy) is 1. The molecule has 0 aromatic carbocycles. The van der Waals surface area contributed by atoms with Crippen molar-refractivity contribution in [1.29, 1.82) is 0 Å². The number of hydrogen-bond donors (Lipinski definition) is 1. The smallest absolute Gasteiger partial charge is 0.323 e. The number of nitrogens with one attached hydrogen (secondary N) is 1. The molecule has 0 radical (unpaired) electrons. The number of esters is 1. The topological polar surface area (TPSA) is 75.7 Å². The predicted molar refractivity (Wildman–Crippen MR) is 64.1 cm³/mol. The van der Waals surface area contributed by atoms with Gasteiger partial charge in [-0.15, -0.1) is 0 Å². The van der Waals surface area contributed by atoms with Crippen LogP contribution in [0.15, 0.2) is 0 Å². The molecule has 7 heteroatoms. The minimum absolute atomic E-state index is 0.121. The Morgan fingerprint density at radius 3 is 2.71 bits per heavy atom. The highest BCUT2D eigenvalue weighted by Gasteiger charge is 2.36. The maximum atomic E-state index is 11.6. The molecular weight excluding hydrogens is 244 g/mol. The molecule has 1 aliphatic rings. The van der Waals surface area contributed by atoms with E-state index in [4.69, 9.17) is 0 Å². The van der Waals surface area contributed by atoms with Crippen LogP contribution in [-0.4, -0.2) is 57.8 Å². The highest BCUT2D eigenvalue weighted by Crippen LogP contribution is 2.17. The third-order valence-electron chi connectivity index (χ3n) is 2.84. The third kappa shape index (κ3) is 3.93. The largest absolute Gasteiger partial charge is 0.468 e. The summed E-state index contributed by atoms with van der Waals surface area (Å²) in [5.41, 5.74) is 0. The van der Waals surface area contributed by atoms with Gasteiger partial charge in [0, 0.05) is 12.6 Å². The number of hydrogen-bond acceptors (Lipinski definition) is 5. The maximum Gasteiger partial charge on any atom is 0.323 e. The van der Waals surface area contributed by atoms with Crippen LogP contribution < -0.4 is 4.72 Å². The molecule has 1 aliphatic heterocycles. The van der Waals surface area contributed by atoms with E-state index in [1.54, 1.807) is 7.05 Å². The van der Waals surface area contributed by atoms with Crippen molar-refractivity contribution in [2.45, 2.75) is 31.8 Å². The summed E-state index contributed by atoms with van der Waals surface area (Å²) < 4.78 is 30.5. The Balaban J connectivity index is 2.58. The number of nitrogens with zero attached hydrogens (tertiary/aromatic N) is 1. The molecule has 1 saturated heterocycles. The normalized spacial score (nSPS) is 26.1. The Bertz CT molecular complexity index is 369. The molecule has 2 atom stereocenters. The second kappa shape index (κ2) is 5.79. The number of carbonyl (C=O) groups excluding carboxylic acids is 1. The number of carbonyl (C=O) groups is 1. The van der Waals surface area contributed by atoms with E-state index in [9.17, 15) is 13.2 Å². The fraction of sp³-hybridized carbons (Fsp3) is 0.900. The summed E-state index contributed by atoms with van der Waals surface area (Å²) in [4.78, 5) is 13.2. The van der Waals surface area contributed by atoms with E-state index in [2.05, 4.69) is 9.46 Å². The van der Waals surface area contributed by atoms with Crippen LogP contribution >= 0.6 is 0 Å². The summed E-state index contributed by atoms with van der Waals surface area (Å²) in [7, 11) is -0.0977. The van der Waals surface area contributed by atoms with Crippen LogP contribution in [-0.2, 0) is 19.6 Å². The van der Waals surface area contributed by atoms with Gasteiger partial charge >= 0.3 is 5.97 Å². The lowest BCUT2D eigenvalue weighted by Crippen LogP contribution is -2.37. The Morgan fingerprint density at radius 2 is 2.18 bits per heavy atom. The highest BCUT2D eigenvalue weighted by atomic mass is 32.2. The second-order valence-electron chi connectivity index (χ2n) is 4.35. The number of likely N-dealkylation sites (tertiary alicyclic amines) is 1. The van der Waals surface area contributed by atoms with Crippen molar-refractivity contribution in [2.24, 2.45) is 0 Å². The standard InChI is InChI=1S/C10H20N2O4S/c1-4-5-17(14,15)11-8-6-9(10(13)16-3)12(2)7-8/h8-9,11H,4-7H2,1-3H3/t8-,9+/m1/s1. The zero-order valence-electron chi connectivity index (χ0n) is 10.5. The molecule has 0 spiro atoms. The number of likely N-dealkylation sites (N-methyl/N-ethyl adjacent to an activating group) is 1. The molecule has 17 heavy (non-hydrogen) atoms. The highest BCUT2D eigenvalue weighted by molar-refractivity contribution is 7.89. The van der Waals surface area contributed by atoms with Gasteiger partial charge in [-0.1, -0.05) is 6.92 Å². The lowest BCUT2D eigenvalue weighted by Gasteiger charge is -2.15. The van der Waals surface area contributed by atoms with Crippen LogP contribution in [0.4, 0.5) is 0 Å². The second-order valence-corrected chi connectivity index (χ2v) is 6.22. The van der Waals surface area contributed by atoms with Crippen LogP contribution in [0.3, 0.4) is 0 Å². The van der Waals surface area contributed by atoms with Gasteiger partial charge < -0.3 is 4.74 Å². The minimum atomic E-state index is -3.22. The summed E-state index contributed by atoms with van der Waals surface area (Å²) in [6, 6.07) is -0.560. The molecule has 0 unspecified atom stereocenters. The molecule has 0 aliphatic carbocycles. The molecule has 0 bridgehead atoms. The van der Waals surface area contributed by atoms with Crippen LogP contribution in [0.5, 0.6) is 0 Å². The molecule has 0 aromatic heterocycles. The molecule has 0 saturated carbocycles. The molecule has 100 valence electrons. The lowest BCUT2D eigenvalue weighted by molar-refractivity contribution is -0.145. The van der Waals surface area contributed by atoms with E-state index in [1.807, 2.05) is 11.8 Å². The van der Waals surface area contributed by atoms with Crippen molar-refractivity contribution in [3.05, 3.63) is 0 Å². The van der Waals surface area contributed by atoms with Crippen molar-refractivity contribution >= 4 is 16.0 Å². The number of rotatable bonds is 5. The molecule has 1 rings (SSSR count).